The van der Waals surface area contributed by atoms with Gasteiger partial charge in [0.25, 0.3) is 0 Å². The molecule has 3 unspecified atom stereocenters. The number of rotatable bonds is 9. The fourth-order valence-electron chi connectivity index (χ4n) is 2.57. The largest absolute Gasteiger partial charge is 0.497 e. The van der Waals surface area contributed by atoms with E-state index in [9.17, 15) is 4.79 Å². The van der Waals surface area contributed by atoms with Crippen LogP contribution in [0.4, 0.5) is 0 Å². The minimum Gasteiger partial charge on any atom is -0.497 e. The predicted molar refractivity (Wildman–Crippen MR) is 94.5 cm³/mol. The number of likely N-dealkylation sites (N-methyl/N-ethyl adjacent to an activating group) is 1. The summed E-state index contributed by atoms with van der Waals surface area (Å²) >= 11 is 0. The Kier molecular flexibility index (Phi) is 8.06. The minimum absolute atomic E-state index is 0.0000484. The van der Waals surface area contributed by atoms with Crippen LogP contribution in [0.2, 0.25) is 0 Å². The predicted octanol–water partition coefficient (Wildman–Crippen LogP) is 2.18. The Morgan fingerprint density at radius 1 is 1.30 bits per heavy atom. The van der Waals surface area contributed by atoms with Crippen LogP contribution in [0, 0.1) is 5.92 Å². The number of hydrogen-bond acceptors (Lipinski definition) is 4. The molecule has 23 heavy (non-hydrogen) atoms. The molecule has 0 spiro atoms. The van der Waals surface area contributed by atoms with Crippen LogP contribution in [-0.2, 0) is 4.79 Å². The molecule has 130 valence electrons. The number of amides is 1. The lowest BCUT2D eigenvalue weighted by atomic mass is 10.0. The molecule has 1 amide bonds. The second-order valence-electron chi connectivity index (χ2n) is 5.91. The number of ether oxygens (including phenoxy) is 1. The van der Waals surface area contributed by atoms with E-state index in [1.165, 1.54) is 0 Å². The van der Waals surface area contributed by atoms with Crippen molar-refractivity contribution in [1.29, 1.82) is 0 Å². The van der Waals surface area contributed by atoms with Gasteiger partial charge in [-0.2, -0.15) is 0 Å². The third kappa shape index (κ3) is 5.52. The molecule has 0 fully saturated rings. The molecular weight excluding hydrogens is 290 g/mol. The fraction of sp³-hybridized carbons (Fsp3) is 0.611. The average molecular weight is 321 g/mol. The van der Waals surface area contributed by atoms with Crippen molar-refractivity contribution in [1.82, 2.24) is 10.2 Å². The molecule has 0 saturated carbocycles. The van der Waals surface area contributed by atoms with Crippen molar-refractivity contribution in [2.24, 2.45) is 11.7 Å². The molecule has 0 bridgehead atoms. The molecule has 5 heteroatoms. The van der Waals surface area contributed by atoms with Crippen molar-refractivity contribution in [2.45, 2.75) is 39.8 Å². The Hall–Kier alpha value is -1.59. The van der Waals surface area contributed by atoms with Gasteiger partial charge in [-0.3, -0.25) is 9.69 Å². The first-order valence-electron chi connectivity index (χ1n) is 8.35. The number of carbonyl (C=O) groups excluding carboxylic acids is 1. The fourth-order valence-corrected chi connectivity index (χ4v) is 2.57. The molecule has 1 rings (SSSR count). The third-order valence-electron chi connectivity index (χ3n) is 4.40. The Morgan fingerprint density at radius 2 is 1.96 bits per heavy atom. The monoisotopic (exact) mass is 321 g/mol. The topological polar surface area (TPSA) is 67.6 Å². The van der Waals surface area contributed by atoms with Gasteiger partial charge in [-0.25, -0.2) is 0 Å². The van der Waals surface area contributed by atoms with E-state index < -0.39 is 0 Å². The maximum absolute atomic E-state index is 12.2. The molecule has 0 heterocycles. The first kappa shape index (κ1) is 19.5. The van der Waals surface area contributed by atoms with Crippen LogP contribution in [0.1, 0.15) is 39.3 Å². The Labute approximate surface area is 140 Å². The van der Waals surface area contributed by atoms with Crippen LogP contribution < -0.4 is 15.8 Å². The van der Waals surface area contributed by atoms with Crippen molar-refractivity contribution in [3.8, 4) is 5.75 Å². The van der Waals surface area contributed by atoms with Crippen molar-refractivity contribution in [3.63, 3.8) is 0 Å². The van der Waals surface area contributed by atoms with E-state index >= 15 is 0 Å². The zero-order valence-electron chi connectivity index (χ0n) is 15.0. The van der Waals surface area contributed by atoms with E-state index in [-0.39, 0.29) is 23.9 Å². The highest BCUT2D eigenvalue weighted by Gasteiger charge is 2.22. The zero-order chi connectivity index (χ0) is 17.4. The first-order valence-corrected chi connectivity index (χ1v) is 8.35. The summed E-state index contributed by atoms with van der Waals surface area (Å²) in [5.41, 5.74) is 6.96. The number of carbonyl (C=O) groups is 1. The van der Waals surface area contributed by atoms with Crippen LogP contribution in [0.25, 0.3) is 0 Å². The molecule has 5 nitrogen and oxygen atoms in total. The zero-order valence-corrected chi connectivity index (χ0v) is 15.0. The number of nitrogens with two attached hydrogens (primary N) is 1. The van der Waals surface area contributed by atoms with Gasteiger partial charge in [0.2, 0.25) is 5.91 Å². The molecule has 3 atom stereocenters. The normalized spacial score (nSPS) is 15.1. The van der Waals surface area contributed by atoms with Crippen LogP contribution >= 0.6 is 0 Å². The summed E-state index contributed by atoms with van der Waals surface area (Å²) < 4.78 is 5.32. The van der Waals surface area contributed by atoms with Crippen molar-refractivity contribution >= 4 is 5.91 Å². The summed E-state index contributed by atoms with van der Waals surface area (Å²) in [7, 11) is 1.66. The van der Waals surface area contributed by atoms with Crippen molar-refractivity contribution < 1.29 is 9.53 Å². The van der Waals surface area contributed by atoms with E-state index in [2.05, 4.69) is 30.1 Å². The van der Waals surface area contributed by atoms with Gasteiger partial charge in [-0.1, -0.05) is 32.9 Å². The maximum Gasteiger partial charge on any atom is 0.224 e. The maximum atomic E-state index is 12.2. The summed E-state index contributed by atoms with van der Waals surface area (Å²) in [6.45, 7) is 10.4. The molecule has 0 aromatic heterocycles. The van der Waals surface area contributed by atoms with Gasteiger partial charge in [0, 0.05) is 18.5 Å². The number of nitrogens with one attached hydrogen (secondary N) is 1. The lowest BCUT2D eigenvalue weighted by molar-refractivity contribution is -0.125. The number of benzene rings is 1. The SMILES string of the molecule is CCN(CC)C(CNC(=O)C(C)C(C)N)c1cccc(OC)c1. The second kappa shape index (κ2) is 9.53. The number of methoxy groups -OCH3 is 1. The number of nitrogens with zero attached hydrogens (tertiary/aromatic N) is 1. The average Bonchev–Trinajstić information content (AvgIpc) is 2.57. The quantitative estimate of drug-likeness (QED) is 0.731. The summed E-state index contributed by atoms with van der Waals surface area (Å²) in [6, 6.07) is 7.98. The highest BCUT2D eigenvalue weighted by Crippen LogP contribution is 2.24. The lowest BCUT2D eigenvalue weighted by Crippen LogP contribution is -2.43. The molecule has 0 aliphatic rings. The molecule has 1 aromatic carbocycles. The van der Waals surface area contributed by atoms with Crippen LogP contribution in [-0.4, -0.2) is 43.6 Å². The van der Waals surface area contributed by atoms with Crippen LogP contribution in [0.15, 0.2) is 24.3 Å². The Balaban J connectivity index is 2.91. The van der Waals surface area contributed by atoms with E-state index in [1.807, 2.05) is 32.0 Å². The molecular formula is C18H31N3O2. The Morgan fingerprint density at radius 3 is 2.48 bits per heavy atom. The van der Waals surface area contributed by atoms with Gasteiger partial charge in [0.05, 0.1) is 13.2 Å². The van der Waals surface area contributed by atoms with Gasteiger partial charge in [-0.05, 0) is 37.7 Å². The van der Waals surface area contributed by atoms with Gasteiger partial charge < -0.3 is 15.8 Å². The minimum atomic E-state index is -0.197. The van der Waals surface area contributed by atoms with Gasteiger partial charge in [0.1, 0.15) is 5.75 Å². The lowest BCUT2D eigenvalue weighted by Gasteiger charge is -2.31. The highest BCUT2D eigenvalue weighted by atomic mass is 16.5. The molecule has 1 aromatic rings. The van der Waals surface area contributed by atoms with Gasteiger partial charge in [0.15, 0.2) is 0 Å². The molecule has 3 N–H and O–H groups in total. The smallest absolute Gasteiger partial charge is 0.224 e. The van der Waals surface area contributed by atoms with E-state index in [0.717, 1.165) is 24.4 Å². The van der Waals surface area contributed by atoms with Crippen LogP contribution in [0.5, 0.6) is 5.75 Å². The first-order chi connectivity index (χ1) is 10.9. The second-order valence-corrected chi connectivity index (χ2v) is 5.91. The van der Waals surface area contributed by atoms with Gasteiger partial charge >= 0.3 is 0 Å². The molecule has 0 aliphatic heterocycles. The molecule has 0 saturated heterocycles. The third-order valence-corrected chi connectivity index (χ3v) is 4.40. The van der Waals surface area contributed by atoms with Gasteiger partial charge in [-0.15, -0.1) is 0 Å². The van der Waals surface area contributed by atoms with E-state index in [0.29, 0.717) is 6.54 Å². The highest BCUT2D eigenvalue weighted by molar-refractivity contribution is 5.78. The summed E-state index contributed by atoms with van der Waals surface area (Å²) in [4.78, 5) is 14.5. The van der Waals surface area contributed by atoms with Crippen LogP contribution in [0.3, 0.4) is 0 Å². The summed E-state index contributed by atoms with van der Waals surface area (Å²) in [5, 5.41) is 3.05. The summed E-state index contributed by atoms with van der Waals surface area (Å²) in [5.74, 6) is 0.632. The van der Waals surface area contributed by atoms with Crippen molar-refractivity contribution in [2.75, 3.05) is 26.7 Å². The molecule has 0 radical (unpaired) electrons. The van der Waals surface area contributed by atoms with Crippen molar-refractivity contribution in [3.05, 3.63) is 29.8 Å². The van der Waals surface area contributed by atoms with E-state index in [1.54, 1.807) is 7.11 Å². The van der Waals surface area contributed by atoms with E-state index in [4.69, 9.17) is 10.5 Å². The summed E-state index contributed by atoms with van der Waals surface area (Å²) in [6.07, 6.45) is 0. The molecule has 0 aliphatic carbocycles. The standard InChI is InChI=1S/C18H31N3O2/c1-6-21(7-2)17(12-20-18(22)13(3)14(4)19)15-9-8-10-16(11-15)23-5/h8-11,13-14,17H,6-7,12,19H2,1-5H3,(H,20,22). The number of hydrogen-bond donors (Lipinski definition) is 2. The Bertz CT molecular complexity index is 487.